The van der Waals surface area contributed by atoms with Crippen molar-refractivity contribution in [2.75, 3.05) is 6.67 Å². The number of nitrogens with zero attached hydrogens (tertiary/aromatic N) is 1. The van der Waals surface area contributed by atoms with Crippen molar-refractivity contribution >= 4 is 6.21 Å². The van der Waals surface area contributed by atoms with Crippen LogP contribution in [0, 0.1) is 0 Å². The average molecular weight is 128 g/mol. The minimum Gasteiger partial charge on any atom is -0.402 e. The molecule has 0 aromatic rings. The lowest BCUT2D eigenvalue weighted by molar-refractivity contribution is 0.765. The molecule has 0 unspecified atom stereocenters. The third kappa shape index (κ3) is 6.97. The molecule has 0 spiro atoms. The molecule has 0 amide bonds. The summed E-state index contributed by atoms with van der Waals surface area (Å²) in [6.45, 7) is 2.13. The van der Waals surface area contributed by atoms with Gasteiger partial charge in [-0.15, -0.1) is 0 Å². The number of hydrogen-bond acceptors (Lipinski definition) is 4. The molecule has 0 aromatic heterocycles. The molecule has 0 aliphatic heterocycles. The predicted octanol–water partition coefficient (Wildman–Crippen LogP) is -0.659. The minimum atomic E-state index is 0.341. The van der Waals surface area contributed by atoms with E-state index in [4.69, 9.17) is 11.5 Å². The highest BCUT2D eigenvalue weighted by atomic mass is 15.3. The molecule has 0 saturated heterocycles. The third-order valence-corrected chi connectivity index (χ3v) is 0.595. The second-order valence-electron chi connectivity index (χ2n) is 1.55. The number of nitrogens with one attached hydrogen (secondary N) is 1. The summed E-state index contributed by atoms with van der Waals surface area (Å²) in [5, 5.41) is 3.67. The summed E-state index contributed by atoms with van der Waals surface area (Å²) >= 11 is 0. The molecule has 4 nitrogen and oxygen atoms in total. The third-order valence-electron chi connectivity index (χ3n) is 0.595. The van der Waals surface area contributed by atoms with Crippen molar-refractivity contribution in [2.24, 2.45) is 16.6 Å². The number of hydrazone groups is 1. The van der Waals surface area contributed by atoms with Crippen LogP contribution in [0.2, 0.25) is 0 Å². The maximum atomic E-state index is 5.29. The van der Waals surface area contributed by atoms with Gasteiger partial charge in [-0.3, -0.25) is 5.43 Å². The molecule has 52 valence electrons. The van der Waals surface area contributed by atoms with Crippen LogP contribution in [0.1, 0.15) is 6.92 Å². The van der Waals surface area contributed by atoms with Gasteiger partial charge in [-0.05, 0) is 13.0 Å². The summed E-state index contributed by atoms with van der Waals surface area (Å²) in [4.78, 5) is 0. The van der Waals surface area contributed by atoms with Crippen LogP contribution in [0.4, 0.5) is 0 Å². The fourth-order valence-electron chi connectivity index (χ4n) is 0.260. The van der Waals surface area contributed by atoms with E-state index in [2.05, 4.69) is 10.5 Å². The van der Waals surface area contributed by atoms with Gasteiger partial charge in [0, 0.05) is 11.9 Å². The SMILES string of the molecule is CC(N)=CC=NNCN. The Bertz CT molecular complexity index is 112. The van der Waals surface area contributed by atoms with E-state index < -0.39 is 0 Å². The Labute approximate surface area is 54.6 Å². The Hall–Kier alpha value is -1.03. The maximum absolute atomic E-state index is 5.29. The lowest BCUT2D eigenvalue weighted by Gasteiger charge is -1.88. The van der Waals surface area contributed by atoms with Crippen LogP contribution in [0.5, 0.6) is 0 Å². The Morgan fingerprint density at radius 3 is 2.89 bits per heavy atom. The van der Waals surface area contributed by atoms with E-state index in [0.29, 0.717) is 6.67 Å². The summed E-state index contributed by atoms with van der Waals surface area (Å²) < 4.78 is 0. The molecule has 0 heterocycles. The summed E-state index contributed by atoms with van der Waals surface area (Å²) in [5.74, 6) is 0. The molecule has 0 aromatic carbocycles. The first-order chi connectivity index (χ1) is 4.27. The Morgan fingerprint density at radius 1 is 1.78 bits per heavy atom. The van der Waals surface area contributed by atoms with Crippen LogP contribution in [0.25, 0.3) is 0 Å². The molecule has 0 saturated carbocycles. The molecule has 0 atom stereocenters. The molecular formula is C5H12N4. The maximum Gasteiger partial charge on any atom is 0.0798 e. The van der Waals surface area contributed by atoms with Crippen molar-refractivity contribution < 1.29 is 0 Å². The molecule has 0 aliphatic carbocycles. The number of allylic oxidation sites excluding steroid dienone is 2. The Kier molecular flexibility index (Phi) is 4.53. The zero-order chi connectivity index (χ0) is 7.11. The van der Waals surface area contributed by atoms with Crippen molar-refractivity contribution in [3.05, 3.63) is 11.8 Å². The van der Waals surface area contributed by atoms with E-state index in [1.807, 2.05) is 0 Å². The van der Waals surface area contributed by atoms with E-state index in [-0.39, 0.29) is 0 Å². The van der Waals surface area contributed by atoms with Crippen LogP contribution >= 0.6 is 0 Å². The number of nitrogens with two attached hydrogens (primary N) is 2. The number of rotatable bonds is 3. The predicted molar refractivity (Wildman–Crippen MR) is 38.6 cm³/mol. The molecular weight excluding hydrogens is 116 g/mol. The minimum absolute atomic E-state index is 0.341. The van der Waals surface area contributed by atoms with E-state index in [0.717, 1.165) is 5.70 Å². The van der Waals surface area contributed by atoms with Gasteiger partial charge in [0.1, 0.15) is 0 Å². The molecule has 0 bridgehead atoms. The fourth-order valence-corrected chi connectivity index (χ4v) is 0.260. The van der Waals surface area contributed by atoms with Crippen LogP contribution in [-0.2, 0) is 0 Å². The van der Waals surface area contributed by atoms with E-state index >= 15 is 0 Å². The second-order valence-corrected chi connectivity index (χ2v) is 1.55. The number of hydrogen-bond donors (Lipinski definition) is 3. The van der Waals surface area contributed by atoms with Gasteiger partial charge in [-0.25, -0.2) is 0 Å². The largest absolute Gasteiger partial charge is 0.402 e. The van der Waals surface area contributed by atoms with Crippen LogP contribution < -0.4 is 16.9 Å². The van der Waals surface area contributed by atoms with Gasteiger partial charge in [-0.2, -0.15) is 5.10 Å². The van der Waals surface area contributed by atoms with Crippen LogP contribution in [0.15, 0.2) is 16.9 Å². The van der Waals surface area contributed by atoms with Crippen molar-refractivity contribution in [3.63, 3.8) is 0 Å². The van der Waals surface area contributed by atoms with E-state index in [1.165, 1.54) is 0 Å². The van der Waals surface area contributed by atoms with Gasteiger partial charge >= 0.3 is 0 Å². The van der Waals surface area contributed by atoms with Gasteiger partial charge in [0.15, 0.2) is 0 Å². The highest BCUT2D eigenvalue weighted by Gasteiger charge is 1.69. The summed E-state index contributed by atoms with van der Waals surface area (Å²) in [5.41, 5.74) is 13.6. The van der Waals surface area contributed by atoms with Crippen molar-refractivity contribution in [2.45, 2.75) is 6.92 Å². The second kappa shape index (κ2) is 5.11. The lowest BCUT2D eigenvalue weighted by atomic mass is 10.5. The normalized spacial score (nSPS) is 12.4. The van der Waals surface area contributed by atoms with Crippen molar-refractivity contribution in [3.8, 4) is 0 Å². The first kappa shape index (κ1) is 7.97. The summed E-state index contributed by atoms with van der Waals surface area (Å²) in [6.07, 6.45) is 3.24. The first-order valence-electron chi connectivity index (χ1n) is 2.65. The molecule has 0 radical (unpaired) electrons. The van der Waals surface area contributed by atoms with Gasteiger partial charge in [0.2, 0.25) is 0 Å². The Morgan fingerprint density at radius 2 is 2.44 bits per heavy atom. The molecule has 0 aliphatic rings. The van der Waals surface area contributed by atoms with Gasteiger partial charge in [-0.1, -0.05) is 0 Å². The topological polar surface area (TPSA) is 76.4 Å². The van der Waals surface area contributed by atoms with E-state index in [9.17, 15) is 0 Å². The lowest BCUT2D eigenvalue weighted by Crippen LogP contribution is -2.15. The van der Waals surface area contributed by atoms with Crippen LogP contribution in [0.3, 0.4) is 0 Å². The van der Waals surface area contributed by atoms with Gasteiger partial charge in [0.25, 0.3) is 0 Å². The molecule has 5 N–H and O–H groups in total. The van der Waals surface area contributed by atoms with Crippen molar-refractivity contribution in [1.82, 2.24) is 5.43 Å². The summed E-state index contributed by atoms with van der Waals surface area (Å²) in [6, 6.07) is 0. The van der Waals surface area contributed by atoms with Gasteiger partial charge < -0.3 is 11.5 Å². The standard InChI is InChI=1S/C5H12N4/c1-5(7)2-3-8-9-4-6/h2-3,9H,4,6-7H2,1H3. The molecule has 0 fully saturated rings. The van der Waals surface area contributed by atoms with E-state index in [1.54, 1.807) is 19.2 Å². The van der Waals surface area contributed by atoms with Gasteiger partial charge in [0.05, 0.1) is 6.67 Å². The fraction of sp³-hybridized carbons (Fsp3) is 0.400. The highest BCUT2D eigenvalue weighted by Crippen LogP contribution is 1.72. The van der Waals surface area contributed by atoms with Crippen LogP contribution in [-0.4, -0.2) is 12.9 Å². The monoisotopic (exact) mass is 128 g/mol. The highest BCUT2D eigenvalue weighted by molar-refractivity contribution is 5.71. The zero-order valence-electron chi connectivity index (χ0n) is 5.46. The quantitative estimate of drug-likeness (QED) is 0.268. The smallest absolute Gasteiger partial charge is 0.0798 e. The molecule has 0 rings (SSSR count). The first-order valence-corrected chi connectivity index (χ1v) is 2.65. The molecule has 4 heteroatoms. The Balaban J connectivity index is 3.35. The van der Waals surface area contributed by atoms with Crippen molar-refractivity contribution in [1.29, 1.82) is 0 Å². The molecule has 9 heavy (non-hydrogen) atoms. The average Bonchev–Trinajstić information content (AvgIpc) is 1.80. The zero-order valence-corrected chi connectivity index (χ0v) is 5.46. The summed E-state index contributed by atoms with van der Waals surface area (Å²) in [7, 11) is 0.